The standard InChI is InChI=1S/C13H17NO5S2/c1-2-21(18,19)12-5-3-11(4-6-12)14-13(15)10-7-8-20(16,17)9-10/h3-6,10H,2,7-9H2,1H3,(H,14,15)/t10-/m0/s1. The predicted molar refractivity (Wildman–Crippen MR) is 79.6 cm³/mol. The first kappa shape index (κ1) is 16.0. The molecule has 1 heterocycles. The minimum Gasteiger partial charge on any atom is -0.326 e. The quantitative estimate of drug-likeness (QED) is 0.882. The second-order valence-electron chi connectivity index (χ2n) is 5.02. The zero-order chi connectivity index (χ0) is 15.7. The molecule has 1 aliphatic heterocycles. The van der Waals surface area contributed by atoms with Gasteiger partial charge in [-0.15, -0.1) is 0 Å². The van der Waals surface area contributed by atoms with E-state index in [1.165, 1.54) is 24.3 Å². The molecule has 1 aliphatic rings. The maximum Gasteiger partial charge on any atom is 0.228 e. The van der Waals surface area contributed by atoms with Crippen molar-refractivity contribution in [3.8, 4) is 0 Å². The third-order valence-corrected chi connectivity index (χ3v) is 6.98. The van der Waals surface area contributed by atoms with E-state index in [4.69, 9.17) is 0 Å². The van der Waals surface area contributed by atoms with Crippen LogP contribution >= 0.6 is 0 Å². The number of carbonyl (C=O) groups excluding carboxylic acids is 1. The molecular formula is C13H17NO5S2. The molecule has 2 rings (SSSR count). The van der Waals surface area contributed by atoms with E-state index >= 15 is 0 Å². The fraction of sp³-hybridized carbons (Fsp3) is 0.462. The molecule has 1 saturated heterocycles. The lowest BCUT2D eigenvalue weighted by Gasteiger charge is -2.10. The molecule has 1 fully saturated rings. The number of hydrogen-bond donors (Lipinski definition) is 1. The van der Waals surface area contributed by atoms with Crippen LogP contribution in [-0.4, -0.2) is 40.0 Å². The van der Waals surface area contributed by atoms with E-state index in [0.717, 1.165) is 0 Å². The van der Waals surface area contributed by atoms with E-state index in [1.807, 2.05) is 0 Å². The summed E-state index contributed by atoms with van der Waals surface area (Å²) >= 11 is 0. The van der Waals surface area contributed by atoms with Crippen molar-refractivity contribution in [2.24, 2.45) is 5.92 Å². The second-order valence-corrected chi connectivity index (χ2v) is 9.52. The molecule has 1 atom stereocenters. The van der Waals surface area contributed by atoms with Gasteiger partial charge in [0, 0.05) is 5.69 Å². The Morgan fingerprint density at radius 1 is 1.29 bits per heavy atom. The average molecular weight is 331 g/mol. The van der Waals surface area contributed by atoms with Gasteiger partial charge < -0.3 is 5.32 Å². The minimum absolute atomic E-state index is 0.0125. The summed E-state index contributed by atoms with van der Waals surface area (Å²) < 4.78 is 46.0. The van der Waals surface area contributed by atoms with Crippen molar-refractivity contribution in [3.63, 3.8) is 0 Å². The molecule has 116 valence electrons. The lowest BCUT2D eigenvalue weighted by molar-refractivity contribution is -0.119. The number of nitrogens with one attached hydrogen (secondary N) is 1. The Morgan fingerprint density at radius 3 is 2.38 bits per heavy atom. The lowest BCUT2D eigenvalue weighted by Crippen LogP contribution is -2.23. The van der Waals surface area contributed by atoms with E-state index < -0.39 is 25.6 Å². The number of rotatable bonds is 4. The van der Waals surface area contributed by atoms with Crippen molar-refractivity contribution in [1.82, 2.24) is 0 Å². The van der Waals surface area contributed by atoms with Gasteiger partial charge in [0.05, 0.1) is 28.1 Å². The van der Waals surface area contributed by atoms with Gasteiger partial charge in [0.2, 0.25) is 5.91 Å². The number of amides is 1. The Kier molecular flexibility index (Phi) is 4.38. The third-order valence-electron chi connectivity index (χ3n) is 3.46. The van der Waals surface area contributed by atoms with Gasteiger partial charge in [-0.05, 0) is 30.7 Å². The Hall–Kier alpha value is -1.41. The van der Waals surface area contributed by atoms with E-state index in [1.54, 1.807) is 6.92 Å². The van der Waals surface area contributed by atoms with Gasteiger partial charge in [-0.1, -0.05) is 6.92 Å². The van der Waals surface area contributed by atoms with Gasteiger partial charge in [0.15, 0.2) is 19.7 Å². The highest BCUT2D eigenvalue weighted by atomic mass is 32.2. The molecule has 0 aliphatic carbocycles. The van der Waals surface area contributed by atoms with Gasteiger partial charge in [-0.25, -0.2) is 16.8 Å². The third kappa shape index (κ3) is 3.82. The van der Waals surface area contributed by atoms with Crippen molar-refractivity contribution in [2.45, 2.75) is 18.2 Å². The van der Waals surface area contributed by atoms with Crippen molar-refractivity contribution >= 4 is 31.3 Å². The van der Waals surface area contributed by atoms with Crippen LogP contribution in [0.3, 0.4) is 0 Å². The highest BCUT2D eigenvalue weighted by Gasteiger charge is 2.32. The van der Waals surface area contributed by atoms with Crippen molar-refractivity contribution < 1.29 is 21.6 Å². The fourth-order valence-electron chi connectivity index (χ4n) is 2.16. The van der Waals surface area contributed by atoms with Gasteiger partial charge in [0.1, 0.15) is 0 Å². The summed E-state index contributed by atoms with van der Waals surface area (Å²) in [4.78, 5) is 12.1. The monoisotopic (exact) mass is 331 g/mol. The van der Waals surface area contributed by atoms with E-state index in [2.05, 4.69) is 5.32 Å². The molecule has 0 unspecified atom stereocenters. The van der Waals surface area contributed by atoms with Crippen LogP contribution in [0.5, 0.6) is 0 Å². The summed E-state index contributed by atoms with van der Waals surface area (Å²) in [6, 6.07) is 5.87. The maximum absolute atomic E-state index is 11.9. The smallest absolute Gasteiger partial charge is 0.228 e. The molecule has 6 nitrogen and oxygen atoms in total. The zero-order valence-corrected chi connectivity index (χ0v) is 13.2. The first-order chi connectivity index (χ1) is 9.73. The largest absolute Gasteiger partial charge is 0.326 e. The number of anilines is 1. The summed E-state index contributed by atoms with van der Waals surface area (Å²) in [6.07, 6.45) is 0.330. The number of sulfone groups is 2. The molecule has 1 aromatic carbocycles. The van der Waals surface area contributed by atoms with Gasteiger partial charge in [0.25, 0.3) is 0 Å². The molecule has 1 amide bonds. The normalized spacial score (nSPS) is 21.1. The van der Waals surface area contributed by atoms with Crippen molar-refractivity contribution in [1.29, 1.82) is 0 Å². The van der Waals surface area contributed by atoms with Crippen LogP contribution in [0.4, 0.5) is 5.69 Å². The highest BCUT2D eigenvalue weighted by Crippen LogP contribution is 2.21. The maximum atomic E-state index is 11.9. The summed E-state index contributed by atoms with van der Waals surface area (Å²) in [5.74, 6) is -0.949. The molecule has 8 heteroatoms. The molecule has 0 spiro atoms. The topological polar surface area (TPSA) is 97.4 Å². The SMILES string of the molecule is CCS(=O)(=O)c1ccc(NC(=O)[C@H]2CCS(=O)(=O)C2)cc1. The van der Waals surface area contributed by atoms with Crippen LogP contribution in [0.15, 0.2) is 29.2 Å². The number of benzene rings is 1. The first-order valence-corrected chi connectivity index (χ1v) is 10.0. The Balaban J connectivity index is 2.06. The van der Waals surface area contributed by atoms with Crippen LogP contribution in [-0.2, 0) is 24.5 Å². The number of hydrogen-bond acceptors (Lipinski definition) is 5. The summed E-state index contributed by atoms with van der Waals surface area (Å²) in [7, 11) is -6.37. The summed E-state index contributed by atoms with van der Waals surface area (Å²) in [5, 5.41) is 2.62. The second kappa shape index (κ2) is 5.76. The molecule has 0 bridgehead atoms. The predicted octanol–water partition coefficient (Wildman–Crippen LogP) is 0.853. The highest BCUT2D eigenvalue weighted by molar-refractivity contribution is 7.91. The van der Waals surface area contributed by atoms with Crippen LogP contribution < -0.4 is 5.32 Å². The molecule has 1 aromatic rings. The lowest BCUT2D eigenvalue weighted by atomic mass is 10.1. The van der Waals surface area contributed by atoms with E-state index in [-0.39, 0.29) is 28.1 Å². The van der Waals surface area contributed by atoms with Crippen LogP contribution in [0.1, 0.15) is 13.3 Å². The Morgan fingerprint density at radius 2 is 1.90 bits per heavy atom. The zero-order valence-electron chi connectivity index (χ0n) is 11.6. The fourth-order valence-corrected chi connectivity index (χ4v) is 4.78. The molecule has 0 aromatic heterocycles. The first-order valence-electron chi connectivity index (χ1n) is 6.57. The molecular weight excluding hydrogens is 314 g/mol. The summed E-state index contributed by atoms with van der Waals surface area (Å²) in [5.41, 5.74) is 0.458. The van der Waals surface area contributed by atoms with Crippen LogP contribution in [0.2, 0.25) is 0 Å². The molecule has 0 radical (unpaired) electrons. The van der Waals surface area contributed by atoms with E-state index in [0.29, 0.717) is 12.1 Å². The van der Waals surface area contributed by atoms with Crippen LogP contribution in [0.25, 0.3) is 0 Å². The van der Waals surface area contributed by atoms with Crippen LogP contribution in [0, 0.1) is 5.92 Å². The van der Waals surface area contributed by atoms with Crippen molar-refractivity contribution in [3.05, 3.63) is 24.3 Å². The molecule has 1 N–H and O–H groups in total. The Bertz CT molecular complexity index is 735. The van der Waals surface area contributed by atoms with Gasteiger partial charge in [-0.2, -0.15) is 0 Å². The van der Waals surface area contributed by atoms with E-state index in [9.17, 15) is 21.6 Å². The molecule has 0 saturated carbocycles. The van der Waals surface area contributed by atoms with Gasteiger partial charge in [-0.3, -0.25) is 4.79 Å². The minimum atomic E-state index is -3.27. The molecule has 21 heavy (non-hydrogen) atoms. The van der Waals surface area contributed by atoms with Gasteiger partial charge >= 0.3 is 0 Å². The average Bonchev–Trinajstić information content (AvgIpc) is 2.80. The number of carbonyl (C=O) groups is 1. The Labute approximate surface area is 124 Å². The summed E-state index contributed by atoms with van der Waals surface area (Å²) in [6.45, 7) is 1.56. The van der Waals surface area contributed by atoms with Crippen molar-refractivity contribution in [2.75, 3.05) is 22.6 Å².